The number of amides is 1. The minimum atomic E-state index is -0.593. The van der Waals surface area contributed by atoms with Gasteiger partial charge in [-0.25, -0.2) is 14.5 Å². The van der Waals surface area contributed by atoms with E-state index in [0.717, 1.165) is 5.56 Å². The Kier molecular flexibility index (Phi) is 6.59. The molecule has 0 saturated carbocycles. The maximum Gasteiger partial charge on any atom is 0.272 e. The van der Waals surface area contributed by atoms with E-state index in [2.05, 4.69) is 27.0 Å². The van der Waals surface area contributed by atoms with Crippen LogP contribution in [0.1, 0.15) is 39.7 Å². The summed E-state index contributed by atoms with van der Waals surface area (Å²) in [5, 5.41) is 16.8. The normalized spacial score (nSPS) is 12.8. The number of fused-ring (bicyclic) bond motifs is 1. The van der Waals surface area contributed by atoms with Gasteiger partial charge in [0.2, 0.25) is 0 Å². The molecule has 1 saturated heterocycles. The van der Waals surface area contributed by atoms with Crippen LogP contribution in [0.2, 0.25) is 0 Å². The highest BCUT2D eigenvalue weighted by atomic mass is 19.1. The summed E-state index contributed by atoms with van der Waals surface area (Å²) in [5.74, 6) is 5.55. The minimum absolute atomic E-state index is 0.00799. The van der Waals surface area contributed by atoms with E-state index in [4.69, 9.17) is 5.26 Å². The lowest BCUT2D eigenvalue weighted by molar-refractivity contribution is 0.0598. The zero-order valence-corrected chi connectivity index (χ0v) is 20.8. The van der Waals surface area contributed by atoms with Gasteiger partial charge in [0, 0.05) is 43.7 Å². The fourth-order valence-corrected chi connectivity index (χ4v) is 4.50. The molecule has 38 heavy (non-hydrogen) atoms. The smallest absolute Gasteiger partial charge is 0.272 e. The first-order chi connectivity index (χ1) is 18.4. The number of carbonyl (C=O) groups is 1. The lowest BCUT2D eigenvalue weighted by Gasteiger charge is -2.44. The first-order valence-electron chi connectivity index (χ1n) is 12.0. The van der Waals surface area contributed by atoms with Gasteiger partial charge in [-0.3, -0.25) is 9.59 Å². The highest BCUT2D eigenvalue weighted by molar-refractivity contribution is 5.95. The molecule has 0 bridgehead atoms. The Morgan fingerprint density at radius 2 is 1.95 bits per heavy atom. The molecule has 1 aliphatic rings. The number of H-pyrrole nitrogens is 1. The van der Waals surface area contributed by atoms with Crippen molar-refractivity contribution in [3.8, 4) is 17.9 Å². The lowest BCUT2D eigenvalue weighted by atomic mass is 9.99. The zero-order chi connectivity index (χ0) is 26.8. The van der Waals surface area contributed by atoms with Crippen LogP contribution >= 0.6 is 0 Å². The molecule has 0 aliphatic carbocycles. The molecule has 5 rings (SSSR count). The first-order valence-corrected chi connectivity index (χ1v) is 12.0. The molecule has 1 aliphatic heterocycles. The number of hydrogen-bond donors (Lipinski definition) is 1. The molecule has 0 radical (unpaired) electrons. The molecule has 2 aromatic carbocycles. The largest absolute Gasteiger partial charge is 0.353 e. The summed E-state index contributed by atoms with van der Waals surface area (Å²) in [6.07, 6.45) is 1.80. The third-order valence-corrected chi connectivity index (χ3v) is 6.71. The van der Waals surface area contributed by atoms with Crippen molar-refractivity contribution in [2.24, 2.45) is 0 Å². The van der Waals surface area contributed by atoms with Crippen LogP contribution in [-0.2, 0) is 6.42 Å². The van der Waals surface area contributed by atoms with E-state index in [-0.39, 0.29) is 23.1 Å². The number of aromatic amines is 1. The Bertz CT molecular complexity index is 1710. The first kappa shape index (κ1) is 24.7. The Balaban J connectivity index is 1.34. The maximum atomic E-state index is 14.7. The quantitative estimate of drug-likeness (QED) is 0.417. The molecule has 188 valence electrons. The molecule has 4 aromatic rings. The molecule has 8 nitrogen and oxygen atoms in total. The summed E-state index contributed by atoms with van der Waals surface area (Å²) in [5.41, 5.74) is 2.22. The van der Waals surface area contributed by atoms with Crippen LogP contribution in [0.3, 0.4) is 0 Å². The van der Waals surface area contributed by atoms with Crippen molar-refractivity contribution in [1.29, 1.82) is 5.26 Å². The number of benzene rings is 2. The third-order valence-electron chi connectivity index (χ3n) is 6.71. The van der Waals surface area contributed by atoms with Gasteiger partial charge >= 0.3 is 0 Å². The van der Waals surface area contributed by atoms with Crippen molar-refractivity contribution in [3.05, 3.63) is 98.8 Å². The summed E-state index contributed by atoms with van der Waals surface area (Å²) in [4.78, 5) is 33.3. The number of hydrogen-bond acceptors (Lipinski definition) is 6. The van der Waals surface area contributed by atoms with Crippen molar-refractivity contribution in [1.82, 2.24) is 20.1 Å². The number of likely N-dealkylation sites (N-methyl/N-ethyl adjacent to an activating group) is 1. The predicted molar refractivity (Wildman–Crippen MR) is 141 cm³/mol. The number of halogens is 1. The fourth-order valence-electron chi connectivity index (χ4n) is 4.50. The number of nitrogens with one attached hydrogen (secondary N) is 1. The number of anilines is 1. The number of nitrogens with zero attached hydrogens (tertiary/aromatic N) is 5. The topological polar surface area (TPSA) is 106 Å². The van der Waals surface area contributed by atoms with E-state index < -0.39 is 5.82 Å². The molecule has 1 N–H and O–H groups in total. The second-order valence-electron chi connectivity index (χ2n) is 9.12. The Morgan fingerprint density at radius 3 is 2.66 bits per heavy atom. The van der Waals surface area contributed by atoms with Crippen LogP contribution in [0.4, 0.5) is 10.2 Å². The summed E-state index contributed by atoms with van der Waals surface area (Å²) in [6, 6.07) is 15.3. The van der Waals surface area contributed by atoms with Crippen molar-refractivity contribution >= 4 is 22.5 Å². The molecule has 1 amide bonds. The minimum Gasteiger partial charge on any atom is -0.353 e. The lowest BCUT2D eigenvalue weighted by Crippen LogP contribution is -2.60. The van der Waals surface area contributed by atoms with E-state index in [9.17, 15) is 14.0 Å². The second kappa shape index (κ2) is 10.2. The average molecular weight is 507 g/mol. The van der Waals surface area contributed by atoms with Gasteiger partial charge in [0.15, 0.2) is 0 Å². The van der Waals surface area contributed by atoms with Crippen molar-refractivity contribution < 1.29 is 9.18 Å². The van der Waals surface area contributed by atoms with E-state index in [0.29, 0.717) is 52.9 Å². The SMILES string of the molecule is CC#Cc1ccc2c(=O)[nH]nc(Cc3ccc(F)c(C(=O)N4CC(N(C)c5ccc(C#N)cn5)C4)c3)c2c1. The third kappa shape index (κ3) is 4.70. The van der Waals surface area contributed by atoms with Gasteiger partial charge in [-0.2, -0.15) is 10.4 Å². The molecule has 1 fully saturated rings. The number of carbonyl (C=O) groups excluding carboxylic acids is 1. The van der Waals surface area contributed by atoms with E-state index in [1.807, 2.05) is 24.1 Å². The molecular weight excluding hydrogens is 483 g/mol. The van der Waals surface area contributed by atoms with Gasteiger partial charge in [0.25, 0.3) is 11.5 Å². The number of nitriles is 1. The molecular formula is C29H23FN6O2. The summed E-state index contributed by atoms with van der Waals surface area (Å²) in [7, 11) is 1.88. The van der Waals surface area contributed by atoms with E-state index in [1.165, 1.54) is 12.3 Å². The number of pyridine rings is 1. The van der Waals surface area contributed by atoms with Crippen LogP contribution < -0.4 is 10.5 Å². The highest BCUT2D eigenvalue weighted by Crippen LogP contribution is 2.24. The summed E-state index contributed by atoms with van der Waals surface area (Å²) < 4.78 is 14.7. The number of likely N-dealkylation sites (tertiary alicyclic amines) is 1. The van der Waals surface area contributed by atoms with Crippen LogP contribution in [-0.4, -0.2) is 52.2 Å². The number of rotatable bonds is 5. The van der Waals surface area contributed by atoms with Crippen molar-refractivity contribution in [2.75, 3.05) is 25.0 Å². The van der Waals surface area contributed by atoms with Crippen LogP contribution in [0, 0.1) is 29.0 Å². The summed E-state index contributed by atoms with van der Waals surface area (Å²) >= 11 is 0. The van der Waals surface area contributed by atoms with Gasteiger partial charge in [-0.05, 0) is 55.0 Å². The van der Waals surface area contributed by atoms with Gasteiger partial charge in [0.1, 0.15) is 17.7 Å². The van der Waals surface area contributed by atoms with Crippen LogP contribution in [0.25, 0.3) is 10.8 Å². The Hall–Kier alpha value is -5.02. The van der Waals surface area contributed by atoms with Crippen molar-refractivity contribution in [2.45, 2.75) is 19.4 Å². The molecule has 3 heterocycles. The average Bonchev–Trinajstić information content (AvgIpc) is 2.90. The molecule has 0 atom stereocenters. The van der Waals surface area contributed by atoms with Gasteiger partial charge in [-0.15, -0.1) is 5.92 Å². The monoisotopic (exact) mass is 506 g/mol. The van der Waals surface area contributed by atoms with E-state index >= 15 is 0 Å². The fraction of sp³-hybridized carbons (Fsp3) is 0.207. The van der Waals surface area contributed by atoms with Crippen LogP contribution in [0.15, 0.2) is 59.5 Å². The van der Waals surface area contributed by atoms with E-state index in [1.54, 1.807) is 48.2 Å². The Morgan fingerprint density at radius 1 is 1.16 bits per heavy atom. The maximum absolute atomic E-state index is 14.7. The van der Waals surface area contributed by atoms with Gasteiger partial charge in [0.05, 0.1) is 28.2 Å². The van der Waals surface area contributed by atoms with Crippen LogP contribution in [0.5, 0.6) is 0 Å². The molecule has 2 aromatic heterocycles. The predicted octanol–water partition coefficient (Wildman–Crippen LogP) is 3.25. The highest BCUT2D eigenvalue weighted by Gasteiger charge is 2.35. The molecule has 9 heteroatoms. The molecule has 0 spiro atoms. The van der Waals surface area contributed by atoms with Gasteiger partial charge in [-0.1, -0.05) is 12.0 Å². The van der Waals surface area contributed by atoms with Crippen molar-refractivity contribution in [3.63, 3.8) is 0 Å². The summed E-state index contributed by atoms with van der Waals surface area (Å²) in [6.45, 7) is 2.59. The second-order valence-corrected chi connectivity index (χ2v) is 9.12. The van der Waals surface area contributed by atoms with Gasteiger partial charge < -0.3 is 9.80 Å². The Labute approximate surface area is 218 Å². The molecule has 0 unspecified atom stereocenters. The zero-order valence-electron chi connectivity index (χ0n) is 20.8. The standard InChI is InChI=1S/C29H23FN6O2/c1-3-4-18-5-8-22-23(11-18)26(33-34-28(22)37)13-19-6-9-25(30)24(12-19)29(38)36-16-21(17-36)35(2)27-10-7-20(14-31)15-32-27/h5-12,15,21H,13,16-17H2,1-2H3,(H,34,37). The number of aromatic nitrogens is 3.